The normalized spacial score (nSPS) is 31.6. The lowest BCUT2D eigenvalue weighted by Crippen LogP contribution is -2.10. The minimum atomic E-state index is 0.0498. The van der Waals surface area contributed by atoms with Crippen molar-refractivity contribution in [3.63, 3.8) is 0 Å². The van der Waals surface area contributed by atoms with Gasteiger partial charge in [-0.2, -0.15) is 0 Å². The predicted molar refractivity (Wildman–Crippen MR) is 72.0 cm³/mol. The van der Waals surface area contributed by atoms with Gasteiger partial charge in [0.25, 0.3) is 0 Å². The van der Waals surface area contributed by atoms with Crippen LogP contribution in [-0.2, 0) is 4.74 Å². The number of ether oxygens (including phenoxy) is 1. The molecule has 0 spiro atoms. The minimum Gasteiger partial charge on any atom is -0.373 e. The molecule has 0 radical (unpaired) electrons. The lowest BCUT2D eigenvalue weighted by atomic mass is 10.0. The van der Waals surface area contributed by atoms with E-state index in [0.29, 0.717) is 5.85 Å². The third kappa shape index (κ3) is 3.97. The second-order valence-electron chi connectivity index (χ2n) is 3.49. The van der Waals surface area contributed by atoms with Crippen molar-refractivity contribution < 1.29 is 4.74 Å². The molecule has 5 heteroatoms. The lowest BCUT2D eigenvalue weighted by molar-refractivity contribution is 0.154. The maximum absolute atomic E-state index is 5.82. The smallest absolute Gasteiger partial charge is 0.0869 e. The van der Waals surface area contributed by atoms with Crippen LogP contribution in [0.3, 0.4) is 0 Å². The van der Waals surface area contributed by atoms with Crippen LogP contribution in [0.5, 0.6) is 0 Å². The highest BCUT2D eigenvalue weighted by Gasteiger charge is 2.31. The molecule has 0 amide bonds. The van der Waals surface area contributed by atoms with Crippen LogP contribution in [0.2, 0.25) is 0 Å². The van der Waals surface area contributed by atoms with Gasteiger partial charge in [0.05, 0.1) is 5.85 Å². The second-order valence-corrected chi connectivity index (χ2v) is 12.9. The fourth-order valence-corrected chi connectivity index (χ4v) is 6.53. The molecule has 1 nitrogen and oxygen atoms in total. The predicted octanol–water partition coefficient (Wildman–Crippen LogP) is 4.19. The van der Waals surface area contributed by atoms with Crippen molar-refractivity contribution in [3.05, 3.63) is 0 Å². The van der Waals surface area contributed by atoms with Gasteiger partial charge < -0.3 is 4.74 Å². The van der Waals surface area contributed by atoms with Crippen molar-refractivity contribution >= 4 is 33.1 Å². The lowest BCUT2D eigenvalue weighted by Gasteiger charge is -2.23. The third-order valence-corrected chi connectivity index (χ3v) is 13.2. The zero-order chi connectivity index (χ0) is 9.68. The van der Waals surface area contributed by atoms with Crippen molar-refractivity contribution in [1.29, 1.82) is 0 Å². The van der Waals surface area contributed by atoms with Gasteiger partial charge in [-0.3, -0.25) is 0 Å². The van der Waals surface area contributed by atoms with Crippen molar-refractivity contribution in [2.45, 2.75) is 38.5 Å². The summed E-state index contributed by atoms with van der Waals surface area (Å²) in [6, 6.07) is 0. The van der Waals surface area contributed by atoms with E-state index in [2.05, 4.69) is 24.8 Å². The number of hydrogen-bond donors (Lipinski definition) is 0. The summed E-state index contributed by atoms with van der Waals surface area (Å²) in [4.78, 5) is 0. The van der Waals surface area contributed by atoms with E-state index in [-0.39, 0.29) is 7.30 Å². The molecule has 1 heterocycles. The highest BCUT2D eigenvalue weighted by molar-refractivity contribution is 8.61. The van der Waals surface area contributed by atoms with Gasteiger partial charge in [-0.25, -0.2) is 0 Å². The summed E-state index contributed by atoms with van der Waals surface area (Å²) < 4.78 is 5.82. The molecule has 1 saturated heterocycles. The van der Waals surface area contributed by atoms with E-state index in [4.69, 9.17) is 4.74 Å². The van der Waals surface area contributed by atoms with E-state index in [1.54, 1.807) is 0 Å². The molecule has 0 aliphatic carbocycles. The standard InChI is InChI=1S/C8H20OP4/c1-2-3-4-7-5-6-9-8(7)13(11)12-10/h7-8,12H,2-6,10-11H2,1H3. The van der Waals surface area contributed by atoms with Gasteiger partial charge in [-0.05, 0) is 26.1 Å². The maximum atomic E-state index is 5.82. The average molecular weight is 256 g/mol. The summed E-state index contributed by atoms with van der Waals surface area (Å²) in [5.74, 6) is 1.44. The van der Waals surface area contributed by atoms with Crippen LogP contribution < -0.4 is 0 Å². The van der Waals surface area contributed by atoms with Crippen LogP contribution in [-0.4, -0.2) is 12.5 Å². The van der Waals surface area contributed by atoms with Crippen molar-refractivity contribution in [1.82, 2.24) is 0 Å². The first-order valence-corrected chi connectivity index (χ1v) is 11.6. The van der Waals surface area contributed by atoms with Crippen LogP contribution in [0.15, 0.2) is 0 Å². The van der Waals surface area contributed by atoms with E-state index >= 15 is 0 Å². The first kappa shape index (κ1) is 12.7. The minimum absolute atomic E-state index is 0.0498. The van der Waals surface area contributed by atoms with Gasteiger partial charge in [0.1, 0.15) is 0 Å². The quantitative estimate of drug-likeness (QED) is 0.670. The molecule has 0 aromatic carbocycles. The fourth-order valence-electron chi connectivity index (χ4n) is 1.75. The van der Waals surface area contributed by atoms with Gasteiger partial charge in [0.2, 0.25) is 0 Å². The Kier molecular flexibility index (Phi) is 6.90. The van der Waals surface area contributed by atoms with Crippen LogP contribution in [0.4, 0.5) is 0 Å². The Morgan fingerprint density at radius 1 is 1.62 bits per heavy atom. The molecule has 78 valence electrons. The summed E-state index contributed by atoms with van der Waals surface area (Å²) in [6.07, 6.45) is 5.37. The monoisotopic (exact) mass is 256 g/mol. The van der Waals surface area contributed by atoms with E-state index < -0.39 is 0 Å². The van der Waals surface area contributed by atoms with Crippen molar-refractivity contribution in [2.24, 2.45) is 5.92 Å². The van der Waals surface area contributed by atoms with Gasteiger partial charge in [0.15, 0.2) is 0 Å². The Balaban J connectivity index is 2.34. The van der Waals surface area contributed by atoms with Crippen LogP contribution in [0, 0.1) is 5.92 Å². The molecule has 0 aromatic heterocycles. The van der Waals surface area contributed by atoms with Crippen LogP contribution in [0.25, 0.3) is 0 Å². The zero-order valence-electron chi connectivity index (χ0n) is 8.20. The topological polar surface area (TPSA) is 9.23 Å². The van der Waals surface area contributed by atoms with Crippen molar-refractivity contribution in [3.8, 4) is 0 Å². The summed E-state index contributed by atoms with van der Waals surface area (Å²) in [5.41, 5.74) is 0. The van der Waals surface area contributed by atoms with Gasteiger partial charge in [-0.1, -0.05) is 27.7 Å². The summed E-state index contributed by atoms with van der Waals surface area (Å²) in [6.45, 7) is 3.27. The molecule has 0 N–H and O–H groups in total. The van der Waals surface area contributed by atoms with E-state index in [1.165, 1.54) is 25.7 Å². The Bertz CT molecular complexity index is 144. The SMILES string of the molecule is CCCCC1CCOC1P(P)PP. The highest BCUT2D eigenvalue weighted by Crippen LogP contribution is 2.71. The second kappa shape index (κ2) is 7.04. The number of rotatable bonds is 5. The molecule has 0 aromatic rings. The van der Waals surface area contributed by atoms with Gasteiger partial charge in [-0.15, -0.1) is 17.9 Å². The average Bonchev–Trinajstić information content (AvgIpc) is 2.61. The molecule has 6 atom stereocenters. The first-order valence-electron chi connectivity index (χ1n) is 4.91. The van der Waals surface area contributed by atoms with Crippen LogP contribution in [0.1, 0.15) is 32.6 Å². The number of hydrogen-bond acceptors (Lipinski definition) is 1. The molecular weight excluding hydrogens is 236 g/mol. The van der Waals surface area contributed by atoms with Crippen molar-refractivity contribution in [2.75, 3.05) is 6.61 Å². The number of unbranched alkanes of at least 4 members (excludes halogenated alkanes) is 1. The highest BCUT2D eigenvalue weighted by atomic mass is 32.6. The maximum Gasteiger partial charge on any atom is 0.0869 e. The largest absolute Gasteiger partial charge is 0.373 e. The molecule has 13 heavy (non-hydrogen) atoms. The Hall–Kier alpha value is 1.68. The van der Waals surface area contributed by atoms with Gasteiger partial charge in [0, 0.05) is 6.61 Å². The molecule has 0 bridgehead atoms. The summed E-state index contributed by atoms with van der Waals surface area (Å²) >= 11 is 0. The Morgan fingerprint density at radius 3 is 3.00 bits per heavy atom. The molecule has 1 rings (SSSR count). The molecular formula is C8H20OP4. The fraction of sp³-hybridized carbons (Fsp3) is 1.00. The first-order chi connectivity index (χ1) is 6.29. The Labute approximate surface area is 89.2 Å². The van der Waals surface area contributed by atoms with E-state index in [1.807, 2.05) is 0 Å². The van der Waals surface area contributed by atoms with Gasteiger partial charge >= 0.3 is 0 Å². The van der Waals surface area contributed by atoms with Crippen LogP contribution >= 0.6 is 33.1 Å². The molecule has 0 saturated carbocycles. The van der Waals surface area contributed by atoms with E-state index in [0.717, 1.165) is 20.5 Å². The third-order valence-electron chi connectivity index (χ3n) is 2.53. The van der Waals surface area contributed by atoms with E-state index in [9.17, 15) is 0 Å². The molecule has 1 aliphatic heterocycles. The summed E-state index contributed by atoms with van der Waals surface area (Å²) in [5, 5.41) is 0. The molecule has 6 unspecified atom stereocenters. The zero-order valence-corrected chi connectivity index (χ0v) is 12.4. The Morgan fingerprint density at radius 2 is 2.38 bits per heavy atom. The molecule has 1 aliphatic rings. The summed E-state index contributed by atoms with van der Waals surface area (Å²) in [7, 11) is 6.89. The molecule has 1 fully saturated rings.